The lowest BCUT2D eigenvalue weighted by Gasteiger charge is -2.28. The quantitative estimate of drug-likeness (QED) is 0.767. The standard InChI is InChI=1S/C13H13N3O2S/c17-9-10-12(15-5-7-19-8-6-15)14-11-3-1-2-4-16(11)13(10)18/h1-4,9H,5-8H2. The van der Waals surface area contributed by atoms with E-state index in [0.29, 0.717) is 17.8 Å². The van der Waals surface area contributed by atoms with E-state index in [1.807, 2.05) is 22.7 Å². The molecular weight excluding hydrogens is 262 g/mol. The Labute approximate surface area is 114 Å². The third kappa shape index (κ3) is 2.12. The molecule has 0 bridgehead atoms. The van der Waals surface area contributed by atoms with Gasteiger partial charge in [-0.05, 0) is 12.1 Å². The van der Waals surface area contributed by atoms with Gasteiger partial charge in [0.1, 0.15) is 17.0 Å². The monoisotopic (exact) mass is 275 g/mol. The number of hydrogen-bond acceptors (Lipinski definition) is 5. The highest BCUT2D eigenvalue weighted by Crippen LogP contribution is 2.19. The summed E-state index contributed by atoms with van der Waals surface area (Å²) in [5.41, 5.74) is 0.427. The highest BCUT2D eigenvalue weighted by atomic mass is 32.2. The number of pyridine rings is 1. The molecular formula is C13H13N3O2S. The van der Waals surface area contributed by atoms with Crippen LogP contribution in [0.5, 0.6) is 0 Å². The van der Waals surface area contributed by atoms with Gasteiger partial charge < -0.3 is 4.90 Å². The van der Waals surface area contributed by atoms with Gasteiger partial charge in [0.2, 0.25) is 0 Å². The van der Waals surface area contributed by atoms with Crippen LogP contribution in [-0.2, 0) is 0 Å². The van der Waals surface area contributed by atoms with Crippen molar-refractivity contribution in [3.05, 3.63) is 40.3 Å². The lowest BCUT2D eigenvalue weighted by Crippen LogP contribution is -2.36. The molecule has 2 aromatic rings. The van der Waals surface area contributed by atoms with E-state index in [1.165, 1.54) is 4.40 Å². The van der Waals surface area contributed by atoms with Crippen LogP contribution in [0.2, 0.25) is 0 Å². The SMILES string of the molecule is O=Cc1c(N2CCSCC2)nc2ccccn2c1=O. The van der Waals surface area contributed by atoms with Gasteiger partial charge in [0.25, 0.3) is 5.56 Å². The van der Waals surface area contributed by atoms with E-state index in [-0.39, 0.29) is 11.1 Å². The number of anilines is 1. The molecule has 0 unspecified atom stereocenters. The maximum absolute atomic E-state index is 12.3. The smallest absolute Gasteiger partial charge is 0.270 e. The van der Waals surface area contributed by atoms with Crippen LogP contribution in [0, 0.1) is 0 Å². The van der Waals surface area contributed by atoms with Crippen molar-refractivity contribution in [2.75, 3.05) is 29.5 Å². The van der Waals surface area contributed by atoms with Gasteiger partial charge in [-0.15, -0.1) is 0 Å². The lowest BCUT2D eigenvalue weighted by molar-refractivity contribution is 0.112. The fourth-order valence-electron chi connectivity index (χ4n) is 2.21. The summed E-state index contributed by atoms with van der Waals surface area (Å²) >= 11 is 1.87. The van der Waals surface area contributed by atoms with E-state index in [4.69, 9.17) is 0 Å². The highest BCUT2D eigenvalue weighted by molar-refractivity contribution is 7.99. The van der Waals surface area contributed by atoms with E-state index in [0.717, 1.165) is 24.6 Å². The average molecular weight is 275 g/mol. The van der Waals surface area contributed by atoms with Crippen molar-refractivity contribution in [2.24, 2.45) is 0 Å². The molecule has 0 radical (unpaired) electrons. The average Bonchev–Trinajstić information content (AvgIpc) is 2.48. The molecule has 5 nitrogen and oxygen atoms in total. The Morgan fingerprint density at radius 1 is 1.26 bits per heavy atom. The van der Waals surface area contributed by atoms with Crippen LogP contribution in [0.25, 0.3) is 5.65 Å². The normalized spacial score (nSPS) is 15.7. The second-order valence-electron chi connectivity index (χ2n) is 4.30. The number of rotatable bonds is 2. The molecule has 0 amide bonds. The van der Waals surface area contributed by atoms with Crippen LogP contribution in [0.1, 0.15) is 10.4 Å². The number of carbonyl (C=O) groups excluding carboxylic acids is 1. The number of thioether (sulfide) groups is 1. The summed E-state index contributed by atoms with van der Waals surface area (Å²) in [7, 11) is 0. The lowest BCUT2D eigenvalue weighted by atomic mass is 10.3. The number of fused-ring (bicyclic) bond motifs is 1. The molecule has 3 heterocycles. The largest absolute Gasteiger partial charge is 0.354 e. The predicted molar refractivity (Wildman–Crippen MR) is 76.4 cm³/mol. The van der Waals surface area contributed by atoms with Gasteiger partial charge in [0.15, 0.2) is 6.29 Å². The summed E-state index contributed by atoms with van der Waals surface area (Å²) in [6.45, 7) is 1.64. The molecule has 6 heteroatoms. The first kappa shape index (κ1) is 12.2. The van der Waals surface area contributed by atoms with Gasteiger partial charge in [-0.25, -0.2) is 4.98 Å². The molecule has 19 heavy (non-hydrogen) atoms. The Morgan fingerprint density at radius 3 is 2.79 bits per heavy atom. The van der Waals surface area contributed by atoms with Crippen molar-refractivity contribution in [2.45, 2.75) is 0 Å². The zero-order valence-electron chi connectivity index (χ0n) is 10.3. The Balaban J connectivity index is 2.22. The summed E-state index contributed by atoms with van der Waals surface area (Å²) in [6.07, 6.45) is 2.25. The number of aromatic nitrogens is 2. The van der Waals surface area contributed by atoms with Crippen molar-refractivity contribution in [1.82, 2.24) is 9.38 Å². The van der Waals surface area contributed by atoms with Crippen LogP contribution < -0.4 is 10.5 Å². The minimum absolute atomic E-state index is 0.149. The minimum Gasteiger partial charge on any atom is -0.354 e. The van der Waals surface area contributed by atoms with Gasteiger partial charge in [-0.2, -0.15) is 11.8 Å². The number of nitrogens with zero attached hydrogens (tertiary/aromatic N) is 3. The molecule has 1 aliphatic heterocycles. The van der Waals surface area contributed by atoms with Gasteiger partial charge in [-0.1, -0.05) is 6.07 Å². The van der Waals surface area contributed by atoms with Crippen molar-refractivity contribution in [1.29, 1.82) is 0 Å². The molecule has 0 atom stereocenters. The third-order valence-corrected chi connectivity index (χ3v) is 4.12. The minimum atomic E-state index is -0.297. The third-order valence-electron chi connectivity index (χ3n) is 3.18. The highest BCUT2D eigenvalue weighted by Gasteiger charge is 2.19. The van der Waals surface area contributed by atoms with Gasteiger partial charge in [0, 0.05) is 30.8 Å². The summed E-state index contributed by atoms with van der Waals surface area (Å²) in [6, 6.07) is 5.36. The van der Waals surface area contributed by atoms with Crippen LogP contribution in [-0.4, -0.2) is 40.3 Å². The topological polar surface area (TPSA) is 54.7 Å². The summed E-state index contributed by atoms with van der Waals surface area (Å²) in [4.78, 5) is 30.0. The van der Waals surface area contributed by atoms with Gasteiger partial charge >= 0.3 is 0 Å². The Kier molecular flexibility index (Phi) is 3.25. The van der Waals surface area contributed by atoms with E-state index in [9.17, 15) is 9.59 Å². The van der Waals surface area contributed by atoms with Crippen molar-refractivity contribution in [3.63, 3.8) is 0 Å². The van der Waals surface area contributed by atoms with Crippen molar-refractivity contribution < 1.29 is 4.79 Å². The van der Waals surface area contributed by atoms with Crippen LogP contribution in [0.4, 0.5) is 5.82 Å². The molecule has 0 spiro atoms. The fraction of sp³-hybridized carbons (Fsp3) is 0.308. The number of carbonyl (C=O) groups is 1. The zero-order valence-corrected chi connectivity index (χ0v) is 11.1. The Bertz CT molecular complexity index is 677. The fourth-order valence-corrected chi connectivity index (χ4v) is 3.11. The molecule has 1 aliphatic rings. The van der Waals surface area contributed by atoms with E-state index in [2.05, 4.69) is 4.98 Å². The maximum Gasteiger partial charge on any atom is 0.270 e. The van der Waals surface area contributed by atoms with Crippen LogP contribution >= 0.6 is 11.8 Å². The summed E-state index contributed by atoms with van der Waals surface area (Å²) in [5, 5.41) is 0. The van der Waals surface area contributed by atoms with Gasteiger partial charge in [0.05, 0.1) is 0 Å². The molecule has 1 saturated heterocycles. The molecule has 0 aromatic carbocycles. The number of hydrogen-bond donors (Lipinski definition) is 0. The first-order valence-electron chi connectivity index (χ1n) is 6.10. The summed E-state index contributed by atoms with van der Waals surface area (Å²) in [5.74, 6) is 2.51. The Hall–Kier alpha value is -1.82. The van der Waals surface area contributed by atoms with E-state index < -0.39 is 0 Å². The van der Waals surface area contributed by atoms with Crippen LogP contribution in [0.3, 0.4) is 0 Å². The first-order valence-corrected chi connectivity index (χ1v) is 7.26. The molecule has 98 valence electrons. The maximum atomic E-state index is 12.3. The second-order valence-corrected chi connectivity index (χ2v) is 5.53. The molecule has 0 aliphatic carbocycles. The van der Waals surface area contributed by atoms with Crippen molar-refractivity contribution >= 4 is 29.5 Å². The molecule has 2 aromatic heterocycles. The number of aldehydes is 1. The zero-order chi connectivity index (χ0) is 13.2. The van der Waals surface area contributed by atoms with Crippen molar-refractivity contribution in [3.8, 4) is 0 Å². The summed E-state index contributed by atoms with van der Waals surface area (Å²) < 4.78 is 1.41. The van der Waals surface area contributed by atoms with E-state index in [1.54, 1.807) is 18.3 Å². The first-order chi connectivity index (χ1) is 9.31. The molecule has 0 N–H and O–H groups in total. The van der Waals surface area contributed by atoms with Gasteiger partial charge in [-0.3, -0.25) is 14.0 Å². The van der Waals surface area contributed by atoms with E-state index >= 15 is 0 Å². The predicted octanol–water partition coefficient (Wildman–Crippen LogP) is 1.06. The molecule has 0 saturated carbocycles. The molecule has 3 rings (SSSR count). The Morgan fingerprint density at radius 2 is 2.05 bits per heavy atom. The second kappa shape index (κ2) is 5.05. The van der Waals surface area contributed by atoms with Crippen LogP contribution in [0.15, 0.2) is 29.2 Å². The molecule has 1 fully saturated rings.